The standard InChI is InChI=1S/C52H82O2S/c1-8-15-22-31-43-39-45(33-24-17-10-3)51(46(40-43)34-25-18-11-4)55(54-50(53)30-14-7,49-37-28-21-29-38-49)52-47(35-26-19-12-5)41-44(32-23-16-9-2)42-48(52)36-27-20-13-6/h21,28-29,37-42H,8-20,22-27,30-36H2,1-7H3. The van der Waals surface area contributed by atoms with Crippen molar-refractivity contribution in [1.29, 1.82) is 0 Å². The lowest BCUT2D eigenvalue weighted by Gasteiger charge is -2.45. The van der Waals surface area contributed by atoms with Crippen molar-refractivity contribution in [2.75, 3.05) is 0 Å². The first-order valence-corrected chi connectivity index (χ1v) is 24.9. The molecule has 3 aromatic carbocycles. The van der Waals surface area contributed by atoms with Gasteiger partial charge in [-0.1, -0.05) is 168 Å². The molecule has 3 rings (SSSR count). The first kappa shape index (κ1) is 46.9. The minimum Gasteiger partial charge on any atom is -0.402 e. The molecular weight excluding hydrogens is 689 g/mol. The molecule has 0 atom stereocenters. The molecule has 308 valence electrons. The fraction of sp³-hybridized carbons (Fsp3) is 0.635. The average Bonchev–Trinajstić information content (AvgIpc) is 3.18. The molecule has 0 aliphatic rings. The second kappa shape index (κ2) is 27.2. The zero-order valence-electron chi connectivity index (χ0n) is 36.8. The number of hydrogen-bond donors (Lipinski definition) is 0. The van der Waals surface area contributed by atoms with Gasteiger partial charge in [-0.15, -0.1) is 0 Å². The average molecular weight is 771 g/mol. The van der Waals surface area contributed by atoms with Crippen molar-refractivity contribution in [3.8, 4) is 0 Å². The molecule has 3 aromatic rings. The van der Waals surface area contributed by atoms with Gasteiger partial charge < -0.3 is 4.18 Å². The summed E-state index contributed by atoms with van der Waals surface area (Å²) in [7, 11) is -2.46. The Balaban J connectivity index is 2.64. The van der Waals surface area contributed by atoms with E-state index < -0.39 is 10.3 Å². The van der Waals surface area contributed by atoms with E-state index in [2.05, 4.69) is 103 Å². The van der Waals surface area contributed by atoms with Crippen molar-refractivity contribution in [2.24, 2.45) is 0 Å². The zero-order chi connectivity index (χ0) is 39.7. The Morgan fingerprint density at radius 3 is 1.07 bits per heavy atom. The summed E-state index contributed by atoms with van der Waals surface area (Å²) in [6, 6.07) is 21.5. The normalized spacial score (nSPS) is 12.0. The summed E-state index contributed by atoms with van der Waals surface area (Å²) in [5.74, 6) is -0.0431. The summed E-state index contributed by atoms with van der Waals surface area (Å²) in [5, 5.41) is 0. The SMILES string of the molecule is CCCCCc1cc(CCCCC)c(S(OC(=O)CCC)(c2ccccc2)c2c(CCCCC)cc(CCCCC)cc2CCCCC)c(CCCCC)c1. The van der Waals surface area contributed by atoms with Crippen LogP contribution in [0.3, 0.4) is 0 Å². The van der Waals surface area contributed by atoms with Gasteiger partial charge in [-0.05, 0) is 139 Å². The molecule has 0 bridgehead atoms. The Labute approximate surface area is 341 Å². The second-order valence-electron chi connectivity index (χ2n) is 16.3. The lowest BCUT2D eigenvalue weighted by Crippen LogP contribution is -2.20. The maximum atomic E-state index is 14.5. The molecule has 0 spiro atoms. The van der Waals surface area contributed by atoms with Gasteiger partial charge in [0.05, 0.1) is 0 Å². The van der Waals surface area contributed by atoms with Crippen molar-refractivity contribution in [2.45, 2.75) is 230 Å². The summed E-state index contributed by atoms with van der Waals surface area (Å²) in [4.78, 5) is 18.5. The van der Waals surface area contributed by atoms with Crippen LogP contribution in [0.1, 0.15) is 210 Å². The quantitative estimate of drug-likeness (QED) is 0.0631. The highest BCUT2D eigenvalue weighted by Crippen LogP contribution is 2.73. The minimum absolute atomic E-state index is 0.0431. The van der Waals surface area contributed by atoms with E-state index in [1.807, 2.05) is 0 Å². The summed E-state index contributed by atoms with van der Waals surface area (Å²) >= 11 is 0. The molecule has 0 heterocycles. The molecule has 2 nitrogen and oxygen atoms in total. The number of aryl methyl sites for hydroxylation is 6. The van der Waals surface area contributed by atoms with E-state index in [0.29, 0.717) is 6.42 Å². The molecular formula is C52H82O2S. The fourth-order valence-electron chi connectivity index (χ4n) is 8.31. The van der Waals surface area contributed by atoms with Gasteiger partial charge in [-0.2, -0.15) is 0 Å². The molecule has 0 saturated heterocycles. The lowest BCUT2D eigenvalue weighted by molar-refractivity contribution is -0.133. The number of unbranched alkanes of at least 4 members (excludes halogenated alkanes) is 12. The maximum Gasteiger partial charge on any atom is 0.317 e. The molecule has 0 N–H and O–H groups in total. The van der Waals surface area contributed by atoms with E-state index >= 15 is 0 Å². The minimum atomic E-state index is -2.46. The molecule has 0 aliphatic heterocycles. The monoisotopic (exact) mass is 771 g/mol. The summed E-state index contributed by atoms with van der Waals surface area (Å²) in [6.07, 6.45) is 29.3. The van der Waals surface area contributed by atoms with Gasteiger partial charge >= 0.3 is 5.97 Å². The summed E-state index contributed by atoms with van der Waals surface area (Å²) in [6.45, 7) is 16.0. The van der Waals surface area contributed by atoms with Crippen LogP contribution < -0.4 is 0 Å². The van der Waals surface area contributed by atoms with E-state index in [1.165, 1.54) is 138 Å². The van der Waals surface area contributed by atoms with Crippen LogP contribution in [0.4, 0.5) is 0 Å². The predicted molar refractivity (Wildman–Crippen MR) is 242 cm³/mol. The smallest absolute Gasteiger partial charge is 0.317 e. The van der Waals surface area contributed by atoms with Crippen molar-refractivity contribution < 1.29 is 8.98 Å². The van der Waals surface area contributed by atoms with Crippen LogP contribution in [0.15, 0.2) is 69.3 Å². The van der Waals surface area contributed by atoms with Gasteiger partial charge in [0.1, 0.15) is 0 Å². The summed E-state index contributed by atoms with van der Waals surface area (Å²) in [5.41, 5.74) is 8.75. The van der Waals surface area contributed by atoms with Gasteiger partial charge in [0.15, 0.2) is 0 Å². The number of carbonyl (C=O) groups is 1. The highest BCUT2D eigenvalue weighted by molar-refractivity contribution is 8.30. The van der Waals surface area contributed by atoms with E-state index in [0.717, 1.165) is 70.6 Å². The Hall–Kier alpha value is -2.52. The van der Waals surface area contributed by atoms with Gasteiger partial charge in [0.25, 0.3) is 0 Å². The van der Waals surface area contributed by atoms with Gasteiger partial charge in [-0.25, -0.2) is 0 Å². The Kier molecular flexibility index (Phi) is 23.2. The maximum absolute atomic E-state index is 14.5. The Bertz CT molecular complexity index is 1350. The highest BCUT2D eigenvalue weighted by Gasteiger charge is 2.42. The topological polar surface area (TPSA) is 26.3 Å². The Morgan fingerprint density at radius 1 is 0.436 bits per heavy atom. The van der Waals surface area contributed by atoms with Gasteiger partial charge in [0.2, 0.25) is 0 Å². The number of rotatable bonds is 30. The molecule has 0 saturated carbocycles. The van der Waals surface area contributed by atoms with E-state index in [9.17, 15) is 4.79 Å². The largest absolute Gasteiger partial charge is 0.402 e. The third-order valence-corrected chi connectivity index (χ3v) is 14.8. The molecule has 0 fully saturated rings. The van der Waals surface area contributed by atoms with Crippen molar-refractivity contribution in [3.63, 3.8) is 0 Å². The Morgan fingerprint density at radius 2 is 0.764 bits per heavy atom. The van der Waals surface area contributed by atoms with Crippen molar-refractivity contribution >= 4 is 16.3 Å². The summed E-state index contributed by atoms with van der Waals surface area (Å²) < 4.78 is 7.55. The molecule has 0 amide bonds. The van der Waals surface area contributed by atoms with Crippen LogP contribution in [0.5, 0.6) is 0 Å². The predicted octanol–water partition coefficient (Wildman–Crippen LogP) is 16.6. The zero-order valence-corrected chi connectivity index (χ0v) is 37.6. The molecule has 0 radical (unpaired) electrons. The van der Waals surface area contributed by atoms with E-state index in [4.69, 9.17) is 4.18 Å². The van der Waals surface area contributed by atoms with Crippen molar-refractivity contribution in [1.82, 2.24) is 0 Å². The van der Waals surface area contributed by atoms with Crippen molar-refractivity contribution in [3.05, 3.63) is 88.0 Å². The van der Waals surface area contributed by atoms with Crippen LogP contribution in [-0.4, -0.2) is 5.97 Å². The fourth-order valence-corrected chi connectivity index (χ4v) is 12.3. The van der Waals surface area contributed by atoms with E-state index in [-0.39, 0.29) is 5.97 Å². The first-order valence-electron chi connectivity index (χ1n) is 23.3. The van der Waals surface area contributed by atoms with Crippen LogP contribution >= 0.6 is 10.3 Å². The molecule has 3 heteroatoms. The van der Waals surface area contributed by atoms with Crippen LogP contribution in [0.2, 0.25) is 0 Å². The van der Waals surface area contributed by atoms with Gasteiger partial charge in [0, 0.05) is 21.1 Å². The van der Waals surface area contributed by atoms with Crippen LogP contribution in [-0.2, 0) is 47.5 Å². The number of hydrogen-bond acceptors (Lipinski definition) is 2. The van der Waals surface area contributed by atoms with Gasteiger partial charge in [-0.3, -0.25) is 4.79 Å². The first-order chi connectivity index (χ1) is 26.9. The molecule has 0 aliphatic carbocycles. The lowest BCUT2D eigenvalue weighted by atomic mass is 9.95. The molecule has 55 heavy (non-hydrogen) atoms. The second-order valence-corrected chi connectivity index (χ2v) is 18.9. The van der Waals surface area contributed by atoms with E-state index in [1.54, 1.807) is 0 Å². The number of carbonyl (C=O) groups excluding carboxylic acids is 1. The molecule has 0 aromatic heterocycles. The van der Waals surface area contributed by atoms with Crippen LogP contribution in [0.25, 0.3) is 0 Å². The third-order valence-electron chi connectivity index (χ3n) is 11.3. The van der Waals surface area contributed by atoms with Crippen LogP contribution in [0, 0.1) is 0 Å². The highest BCUT2D eigenvalue weighted by atomic mass is 32.3. The number of benzene rings is 3. The molecule has 0 unspecified atom stereocenters. The third kappa shape index (κ3) is 14.4.